The summed E-state index contributed by atoms with van der Waals surface area (Å²) in [6, 6.07) is 0. The molecule has 0 bridgehead atoms. The molecule has 1 atom stereocenters. The van der Waals surface area contributed by atoms with Gasteiger partial charge in [-0.1, -0.05) is 26.7 Å². The molecule has 0 aliphatic carbocycles. The Morgan fingerprint density at radius 3 is 2.28 bits per heavy atom. The summed E-state index contributed by atoms with van der Waals surface area (Å²) in [5.41, 5.74) is 0. The zero-order valence-electron chi connectivity index (χ0n) is 10.9. The zero-order chi connectivity index (χ0) is 14.2. The standard InChI is InChI=1S/C10H21ClN2O4S/c1-4-8(5-2)9(11)7-12-18(15,16)13-10(14)17-6-3/h8-9,12H,4-7H2,1-3H3,(H,13,14). The van der Waals surface area contributed by atoms with Gasteiger partial charge in [0.1, 0.15) is 0 Å². The molecular weight excluding hydrogens is 280 g/mol. The van der Waals surface area contributed by atoms with Gasteiger partial charge in [0, 0.05) is 11.9 Å². The number of hydrogen-bond acceptors (Lipinski definition) is 4. The van der Waals surface area contributed by atoms with E-state index in [0.717, 1.165) is 12.8 Å². The lowest BCUT2D eigenvalue weighted by atomic mass is 9.99. The quantitative estimate of drug-likeness (QED) is 0.667. The molecule has 0 aliphatic heterocycles. The Morgan fingerprint density at radius 2 is 1.83 bits per heavy atom. The van der Waals surface area contributed by atoms with Crippen molar-refractivity contribution in [3.8, 4) is 0 Å². The third-order valence-electron chi connectivity index (χ3n) is 2.52. The molecule has 108 valence electrons. The number of amides is 1. The molecular formula is C10H21ClN2O4S. The molecule has 8 heteroatoms. The molecule has 0 aliphatic rings. The van der Waals surface area contributed by atoms with Gasteiger partial charge in [0.25, 0.3) is 0 Å². The van der Waals surface area contributed by atoms with E-state index < -0.39 is 16.3 Å². The molecule has 0 heterocycles. The average molecular weight is 301 g/mol. The topological polar surface area (TPSA) is 84.5 Å². The highest BCUT2D eigenvalue weighted by molar-refractivity contribution is 7.88. The van der Waals surface area contributed by atoms with Crippen LogP contribution in [0.1, 0.15) is 33.6 Å². The van der Waals surface area contributed by atoms with Gasteiger partial charge in [0.15, 0.2) is 0 Å². The van der Waals surface area contributed by atoms with Crippen LogP contribution < -0.4 is 9.44 Å². The Morgan fingerprint density at radius 1 is 1.28 bits per heavy atom. The molecule has 0 saturated heterocycles. The van der Waals surface area contributed by atoms with Crippen LogP contribution in [0.3, 0.4) is 0 Å². The van der Waals surface area contributed by atoms with Gasteiger partial charge in [-0.25, -0.2) is 9.52 Å². The van der Waals surface area contributed by atoms with Gasteiger partial charge in [0.05, 0.1) is 6.61 Å². The summed E-state index contributed by atoms with van der Waals surface area (Å²) in [6.07, 6.45) is 0.744. The Balaban J connectivity index is 4.22. The summed E-state index contributed by atoms with van der Waals surface area (Å²) in [5.74, 6) is 0.233. The molecule has 0 fully saturated rings. The van der Waals surface area contributed by atoms with Gasteiger partial charge in [-0.15, -0.1) is 11.6 Å². The molecule has 0 aromatic rings. The van der Waals surface area contributed by atoms with E-state index in [9.17, 15) is 13.2 Å². The summed E-state index contributed by atoms with van der Waals surface area (Å²) < 4.78 is 31.3. The number of carbonyl (C=O) groups is 1. The highest BCUT2D eigenvalue weighted by Gasteiger charge is 2.20. The largest absolute Gasteiger partial charge is 0.449 e. The first kappa shape index (κ1) is 17.5. The fourth-order valence-corrected chi connectivity index (χ4v) is 2.74. The van der Waals surface area contributed by atoms with Gasteiger partial charge in [0.2, 0.25) is 0 Å². The summed E-state index contributed by atoms with van der Waals surface area (Å²) in [6.45, 7) is 5.75. The second kappa shape index (κ2) is 8.55. The number of alkyl halides is 1. The van der Waals surface area contributed by atoms with Crippen LogP contribution in [-0.4, -0.2) is 33.0 Å². The molecule has 2 N–H and O–H groups in total. The van der Waals surface area contributed by atoms with Crippen molar-refractivity contribution >= 4 is 27.9 Å². The van der Waals surface area contributed by atoms with E-state index in [1.54, 1.807) is 11.6 Å². The summed E-state index contributed by atoms with van der Waals surface area (Å²) in [5, 5.41) is -0.307. The number of halogens is 1. The maximum absolute atomic E-state index is 11.4. The lowest BCUT2D eigenvalue weighted by Gasteiger charge is -2.19. The molecule has 0 saturated carbocycles. The van der Waals surface area contributed by atoms with Crippen molar-refractivity contribution in [2.24, 2.45) is 5.92 Å². The number of nitrogens with one attached hydrogen (secondary N) is 2. The molecule has 1 amide bonds. The highest BCUT2D eigenvalue weighted by atomic mass is 35.5. The Labute approximate surface area is 114 Å². The number of ether oxygens (including phenoxy) is 1. The van der Waals surface area contributed by atoms with Crippen LogP contribution >= 0.6 is 11.6 Å². The lowest BCUT2D eigenvalue weighted by Crippen LogP contribution is -2.43. The number of carbonyl (C=O) groups excluding carboxylic acids is 1. The molecule has 0 radical (unpaired) electrons. The van der Waals surface area contributed by atoms with Crippen molar-refractivity contribution < 1.29 is 17.9 Å². The van der Waals surface area contributed by atoms with Crippen molar-refractivity contribution in [3.63, 3.8) is 0 Å². The van der Waals surface area contributed by atoms with Gasteiger partial charge >= 0.3 is 16.3 Å². The molecule has 18 heavy (non-hydrogen) atoms. The minimum Gasteiger partial charge on any atom is -0.449 e. The van der Waals surface area contributed by atoms with Gasteiger partial charge in [-0.3, -0.25) is 0 Å². The second-order valence-corrected chi connectivity index (χ2v) is 5.83. The van der Waals surface area contributed by atoms with E-state index in [0.29, 0.717) is 0 Å². The first-order chi connectivity index (χ1) is 8.36. The second-order valence-electron chi connectivity index (χ2n) is 3.77. The molecule has 0 rings (SSSR count). The van der Waals surface area contributed by atoms with Crippen molar-refractivity contribution in [3.05, 3.63) is 0 Å². The predicted molar refractivity (Wildman–Crippen MR) is 70.8 cm³/mol. The van der Waals surface area contributed by atoms with Crippen LogP contribution in [0.25, 0.3) is 0 Å². The van der Waals surface area contributed by atoms with Crippen LogP contribution in [-0.2, 0) is 14.9 Å². The molecule has 1 unspecified atom stereocenters. The van der Waals surface area contributed by atoms with E-state index in [1.807, 2.05) is 13.8 Å². The fourth-order valence-electron chi connectivity index (χ4n) is 1.46. The monoisotopic (exact) mass is 300 g/mol. The van der Waals surface area contributed by atoms with Crippen molar-refractivity contribution in [1.29, 1.82) is 0 Å². The smallest absolute Gasteiger partial charge is 0.421 e. The van der Waals surface area contributed by atoms with Crippen LogP contribution in [0.5, 0.6) is 0 Å². The van der Waals surface area contributed by atoms with E-state index in [4.69, 9.17) is 11.6 Å². The maximum atomic E-state index is 11.4. The third-order valence-corrected chi connectivity index (χ3v) is 4.01. The average Bonchev–Trinajstić information content (AvgIpc) is 2.27. The molecule has 0 spiro atoms. The Bertz CT molecular complexity index is 344. The minimum absolute atomic E-state index is 0.0721. The molecule has 0 aromatic carbocycles. The predicted octanol–water partition coefficient (Wildman–Crippen LogP) is 1.61. The molecule has 6 nitrogen and oxygen atoms in total. The minimum atomic E-state index is -3.91. The van der Waals surface area contributed by atoms with Crippen LogP contribution in [0.2, 0.25) is 0 Å². The normalized spacial score (nSPS) is 13.4. The van der Waals surface area contributed by atoms with Crippen molar-refractivity contribution in [2.45, 2.75) is 39.0 Å². The number of rotatable bonds is 8. The van der Waals surface area contributed by atoms with Gasteiger partial charge < -0.3 is 4.74 Å². The van der Waals surface area contributed by atoms with Crippen LogP contribution in [0, 0.1) is 5.92 Å². The van der Waals surface area contributed by atoms with Crippen molar-refractivity contribution in [1.82, 2.24) is 9.44 Å². The summed E-state index contributed by atoms with van der Waals surface area (Å²) in [4.78, 5) is 11.0. The Hall–Kier alpha value is -0.530. The third kappa shape index (κ3) is 7.03. The lowest BCUT2D eigenvalue weighted by molar-refractivity contribution is 0.158. The van der Waals surface area contributed by atoms with E-state index in [2.05, 4.69) is 9.46 Å². The number of hydrogen-bond donors (Lipinski definition) is 2. The highest BCUT2D eigenvalue weighted by Crippen LogP contribution is 2.17. The first-order valence-corrected chi connectivity index (χ1v) is 7.86. The van der Waals surface area contributed by atoms with Crippen LogP contribution in [0.4, 0.5) is 4.79 Å². The van der Waals surface area contributed by atoms with Crippen LogP contribution in [0.15, 0.2) is 0 Å². The zero-order valence-corrected chi connectivity index (χ0v) is 12.5. The fraction of sp³-hybridized carbons (Fsp3) is 0.900. The molecule has 0 aromatic heterocycles. The van der Waals surface area contributed by atoms with E-state index >= 15 is 0 Å². The first-order valence-electron chi connectivity index (χ1n) is 5.94. The maximum Gasteiger partial charge on any atom is 0.421 e. The Kier molecular flexibility index (Phi) is 8.30. The van der Waals surface area contributed by atoms with Gasteiger partial charge in [-0.05, 0) is 12.8 Å². The summed E-state index contributed by atoms with van der Waals surface area (Å²) in [7, 11) is -3.91. The van der Waals surface area contributed by atoms with E-state index in [-0.39, 0.29) is 24.4 Å². The van der Waals surface area contributed by atoms with E-state index in [1.165, 1.54) is 0 Å². The van der Waals surface area contributed by atoms with Gasteiger partial charge in [-0.2, -0.15) is 13.1 Å². The van der Waals surface area contributed by atoms with Crippen molar-refractivity contribution in [2.75, 3.05) is 13.2 Å². The SMILES string of the molecule is CCOC(=O)NS(=O)(=O)NCC(Cl)C(CC)CC. The summed E-state index contributed by atoms with van der Waals surface area (Å²) >= 11 is 6.08.